The molecule has 0 aliphatic carbocycles. The summed E-state index contributed by atoms with van der Waals surface area (Å²) in [5.41, 5.74) is 6.98. The molecule has 76 valence electrons. The number of amides is 1. The summed E-state index contributed by atoms with van der Waals surface area (Å²) >= 11 is 0. The van der Waals surface area contributed by atoms with Crippen molar-refractivity contribution in [2.45, 2.75) is 19.4 Å². The first-order valence-corrected chi connectivity index (χ1v) is 3.76. The van der Waals surface area contributed by atoms with Crippen LogP contribution in [-0.2, 0) is 9.53 Å². The number of nitrogens with one attached hydrogen (secondary N) is 1. The van der Waals surface area contributed by atoms with E-state index in [1.807, 2.05) is 0 Å². The van der Waals surface area contributed by atoms with Crippen molar-refractivity contribution in [1.82, 2.24) is 5.48 Å². The van der Waals surface area contributed by atoms with E-state index in [0.29, 0.717) is 6.42 Å². The van der Waals surface area contributed by atoms with Crippen molar-refractivity contribution in [1.29, 1.82) is 0 Å². The zero-order valence-corrected chi connectivity index (χ0v) is 7.36. The number of hydrogen-bond donors (Lipinski definition) is 4. The van der Waals surface area contributed by atoms with E-state index in [1.54, 1.807) is 0 Å². The smallest absolute Gasteiger partial charge is 0.272 e. The van der Waals surface area contributed by atoms with Gasteiger partial charge in [-0.3, -0.25) is 10.0 Å². The summed E-state index contributed by atoms with van der Waals surface area (Å²) in [6.45, 7) is 1.70. The standard InChI is InChI=1S/C7H14N2O4/c1-5(7(11)9-12)13-3-2-6(8)4-10/h4-5,10,12H,2-3,8H2,1H3,(H,9,11)/b6-4-. The summed E-state index contributed by atoms with van der Waals surface area (Å²) in [5.74, 6) is -0.619. The van der Waals surface area contributed by atoms with E-state index in [2.05, 4.69) is 0 Å². The van der Waals surface area contributed by atoms with Gasteiger partial charge in [0, 0.05) is 12.1 Å². The second kappa shape index (κ2) is 6.27. The molecule has 0 aliphatic heterocycles. The number of hydroxylamine groups is 1. The van der Waals surface area contributed by atoms with Gasteiger partial charge in [-0.15, -0.1) is 0 Å². The van der Waals surface area contributed by atoms with E-state index in [-0.39, 0.29) is 12.3 Å². The fourth-order valence-corrected chi connectivity index (χ4v) is 0.585. The molecule has 0 aromatic heterocycles. The average molecular weight is 190 g/mol. The Morgan fingerprint density at radius 2 is 2.38 bits per heavy atom. The second-order valence-electron chi connectivity index (χ2n) is 2.44. The number of carbonyl (C=O) groups excluding carboxylic acids is 1. The van der Waals surface area contributed by atoms with Crippen LogP contribution in [0.15, 0.2) is 12.0 Å². The summed E-state index contributed by atoms with van der Waals surface area (Å²) < 4.78 is 4.96. The second-order valence-corrected chi connectivity index (χ2v) is 2.44. The maximum Gasteiger partial charge on any atom is 0.272 e. The Labute approximate surface area is 75.9 Å². The van der Waals surface area contributed by atoms with Gasteiger partial charge in [0.25, 0.3) is 5.91 Å². The molecular formula is C7H14N2O4. The number of hydrogen-bond acceptors (Lipinski definition) is 5. The maximum absolute atomic E-state index is 10.7. The van der Waals surface area contributed by atoms with Gasteiger partial charge in [-0.05, 0) is 6.92 Å². The summed E-state index contributed by atoms with van der Waals surface area (Å²) in [4.78, 5) is 10.7. The molecule has 6 nitrogen and oxygen atoms in total. The first-order chi connectivity index (χ1) is 6.11. The van der Waals surface area contributed by atoms with E-state index < -0.39 is 12.0 Å². The minimum atomic E-state index is -0.739. The van der Waals surface area contributed by atoms with Gasteiger partial charge in [-0.2, -0.15) is 0 Å². The fraction of sp³-hybridized carbons (Fsp3) is 0.571. The summed E-state index contributed by atoms with van der Waals surface area (Å²) in [6, 6.07) is 0. The average Bonchev–Trinajstić information content (AvgIpc) is 2.15. The molecule has 0 heterocycles. The Kier molecular flexibility index (Phi) is 5.66. The molecule has 0 bridgehead atoms. The molecule has 0 rings (SSSR count). The lowest BCUT2D eigenvalue weighted by atomic mass is 10.3. The Morgan fingerprint density at radius 1 is 1.77 bits per heavy atom. The normalized spacial score (nSPS) is 13.8. The van der Waals surface area contributed by atoms with Crippen LogP contribution in [0.4, 0.5) is 0 Å². The van der Waals surface area contributed by atoms with Crippen molar-refractivity contribution in [3.63, 3.8) is 0 Å². The highest BCUT2D eigenvalue weighted by molar-refractivity contribution is 5.79. The Hall–Kier alpha value is -1.27. The van der Waals surface area contributed by atoms with Gasteiger partial charge in [0.2, 0.25) is 0 Å². The Morgan fingerprint density at radius 3 is 2.85 bits per heavy atom. The van der Waals surface area contributed by atoms with Crippen molar-refractivity contribution in [3.05, 3.63) is 12.0 Å². The third kappa shape index (κ3) is 5.05. The van der Waals surface area contributed by atoms with Gasteiger partial charge in [-0.1, -0.05) is 0 Å². The molecule has 5 N–H and O–H groups in total. The van der Waals surface area contributed by atoms with Crippen LogP contribution in [0.3, 0.4) is 0 Å². The molecule has 0 aromatic carbocycles. The highest BCUT2D eigenvalue weighted by Crippen LogP contribution is 1.96. The van der Waals surface area contributed by atoms with Gasteiger partial charge >= 0.3 is 0 Å². The minimum absolute atomic E-state index is 0.206. The Balaban J connectivity index is 3.59. The molecular weight excluding hydrogens is 176 g/mol. The SMILES string of the molecule is CC(OCC/C(N)=C/O)C(=O)NO. The van der Waals surface area contributed by atoms with Crippen LogP contribution in [0.25, 0.3) is 0 Å². The van der Waals surface area contributed by atoms with Crippen LogP contribution in [-0.4, -0.2) is 28.9 Å². The number of rotatable bonds is 5. The lowest BCUT2D eigenvalue weighted by molar-refractivity contribution is -0.140. The molecule has 0 spiro atoms. The highest BCUT2D eigenvalue weighted by atomic mass is 16.5. The van der Waals surface area contributed by atoms with Gasteiger partial charge in [0.05, 0.1) is 12.9 Å². The van der Waals surface area contributed by atoms with Crippen LogP contribution in [0, 0.1) is 0 Å². The van der Waals surface area contributed by atoms with Crippen molar-refractivity contribution in [2.75, 3.05) is 6.61 Å². The third-order valence-electron chi connectivity index (χ3n) is 1.40. The lowest BCUT2D eigenvalue weighted by Gasteiger charge is -2.10. The predicted octanol–water partition coefficient (Wildman–Crippen LogP) is -0.355. The van der Waals surface area contributed by atoms with E-state index >= 15 is 0 Å². The molecule has 0 aromatic rings. The number of aliphatic hydroxyl groups is 1. The van der Waals surface area contributed by atoms with Crippen molar-refractivity contribution >= 4 is 5.91 Å². The summed E-state index contributed by atoms with van der Waals surface area (Å²) in [6.07, 6.45) is 0.371. The predicted molar refractivity (Wildman–Crippen MR) is 44.9 cm³/mol. The highest BCUT2D eigenvalue weighted by Gasteiger charge is 2.11. The van der Waals surface area contributed by atoms with Crippen LogP contribution < -0.4 is 11.2 Å². The van der Waals surface area contributed by atoms with Gasteiger partial charge in [-0.25, -0.2) is 5.48 Å². The fourth-order valence-electron chi connectivity index (χ4n) is 0.585. The molecule has 0 fully saturated rings. The zero-order chi connectivity index (χ0) is 10.3. The van der Waals surface area contributed by atoms with Gasteiger partial charge < -0.3 is 15.6 Å². The van der Waals surface area contributed by atoms with Crippen LogP contribution in [0.2, 0.25) is 0 Å². The number of carbonyl (C=O) groups is 1. The molecule has 13 heavy (non-hydrogen) atoms. The minimum Gasteiger partial charge on any atom is -0.514 e. The van der Waals surface area contributed by atoms with Gasteiger partial charge in [0.15, 0.2) is 0 Å². The molecule has 1 unspecified atom stereocenters. The van der Waals surface area contributed by atoms with Crippen molar-refractivity contribution in [2.24, 2.45) is 5.73 Å². The largest absolute Gasteiger partial charge is 0.514 e. The van der Waals surface area contributed by atoms with Crippen LogP contribution >= 0.6 is 0 Å². The van der Waals surface area contributed by atoms with E-state index in [9.17, 15) is 4.79 Å². The topological polar surface area (TPSA) is 105 Å². The molecule has 1 amide bonds. The van der Waals surface area contributed by atoms with E-state index in [4.69, 9.17) is 20.8 Å². The van der Waals surface area contributed by atoms with Crippen LogP contribution in [0.5, 0.6) is 0 Å². The molecule has 1 atom stereocenters. The van der Waals surface area contributed by atoms with Crippen molar-refractivity contribution in [3.8, 4) is 0 Å². The monoisotopic (exact) mass is 190 g/mol. The maximum atomic E-state index is 10.7. The molecule has 0 radical (unpaired) electrons. The Bertz CT molecular complexity index is 193. The first kappa shape index (κ1) is 11.7. The van der Waals surface area contributed by atoms with E-state index in [1.165, 1.54) is 12.4 Å². The lowest BCUT2D eigenvalue weighted by Crippen LogP contribution is -2.32. The third-order valence-corrected chi connectivity index (χ3v) is 1.40. The van der Waals surface area contributed by atoms with E-state index in [0.717, 1.165) is 6.26 Å². The van der Waals surface area contributed by atoms with Gasteiger partial charge in [0.1, 0.15) is 6.10 Å². The summed E-state index contributed by atoms with van der Waals surface area (Å²) in [5, 5.41) is 16.6. The molecule has 0 saturated heterocycles. The first-order valence-electron chi connectivity index (χ1n) is 3.76. The molecule has 0 aliphatic rings. The van der Waals surface area contributed by atoms with Crippen molar-refractivity contribution < 1.29 is 19.8 Å². The number of ether oxygens (including phenoxy) is 1. The molecule has 6 heteroatoms. The van der Waals surface area contributed by atoms with Crippen LogP contribution in [0.1, 0.15) is 13.3 Å². The zero-order valence-electron chi connectivity index (χ0n) is 7.36. The quantitative estimate of drug-likeness (QED) is 0.269. The molecule has 0 saturated carbocycles. The number of aliphatic hydroxyl groups excluding tert-OH is 1. The summed E-state index contributed by atoms with van der Waals surface area (Å²) in [7, 11) is 0. The number of nitrogens with two attached hydrogens (primary N) is 1.